The monoisotopic (exact) mass is 392 g/mol. The molecule has 10 heteroatoms. The first-order chi connectivity index (χ1) is 14.1. The van der Waals surface area contributed by atoms with E-state index < -0.39 is 0 Å². The molecule has 0 unspecified atom stereocenters. The normalized spacial score (nSPS) is 20.2. The highest BCUT2D eigenvalue weighted by molar-refractivity contribution is 6.15. The molecule has 2 N–H and O–H groups in total. The third-order valence-corrected chi connectivity index (χ3v) is 5.23. The van der Waals surface area contributed by atoms with Crippen LogP contribution in [0.5, 0.6) is 0 Å². The Balaban J connectivity index is 1.59. The number of aromatic nitrogens is 4. The van der Waals surface area contributed by atoms with Crippen LogP contribution in [0.1, 0.15) is 44.1 Å². The smallest absolute Gasteiger partial charge is 0.254 e. The summed E-state index contributed by atoms with van der Waals surface area (Å²) in [5, 5.41) is 19.1. The van der Waals surface area contributed by atoms with E-state index in [4.69, 9.17) is 15.2 Å². The van der Waals surface area contributed by atoms with Gasteiger partial charge in [-0.1, -0.05) is 0 Å². The first-order valence-electron chi connectivity index (χ1n) is 9.83. The molecule has 0 spiro atoms. The lowest BCUT2D eigenvalue weighted by Crippen LogP contribution is -2.29. The predicted molar refractivity (Wildman–Crippen MR) is 104 cm³/mol. The zero-order chi connectivity index (χ0) is 20.0. The van der Waals surface area contributed by atoms with E-state index in [1.165, 1.54) is 0 Å². The van der Waals surface area contributed by atoms with E-state index in [1.54, 1.807) is 16.8 Å². The Kier molecular flexibility index (Phi) is 4.16. The van der Waals surface area contributed by atoms with Crippen molar-refractivity contribution in [1.29, 1.82) is 5.26 Å². The second-order valence-corrected chi connectivity index (χ2v) is 7.66. The highest BCUT2D eigenvalue weighted by Gasteiger charge is 2.32. The highest BCUT2D eigenvalue weighted by Crippen LogP contribution is 2.32. The predicted octanol–water partition coefficient (Wildman–Crippen LogP) is 1.01. The van der Waals surface area contributed by atoms with Gasteiger partial charge in [0.05, 0.1) is 25.1 Å². The van der Waals surface area contributed by atoms with Crippen molar-refractivity contribution in [2.45, 2.75) is 50.6 Å². The second kappa shape index (κ2) is 6.84. The fraction of sp³-hybridized carbons (Fsp3) is 0.474. The minimum Gasteiger partial charge on any atom is -0.351 e. The molecule has 0 radical (unpaired) electrons. The Labute approximate surface area is 166 Å². The maximum Gasteiger partial charge on any atom is 0.254 e. The number of amides is 2. The van der Waals surface area contributed by atoms with Crippen LogP contribution in [-0.4, -0.2) is 50.0 Å². The van der Waals surface area contributed by atoms with Crippen molar-refractivity contribution in [3.63, 3.8) is 0 Å². The Morgan fingerprint density at radius 3 is 2.79 bits per heavy atom. The number of nitrogens with one attached hydrogen (secondary N) is 2. The maximum atomic E-state index is 11.9. The van der Waals surface area contributed by atoms with Crippen molar-refractivity contribution in [3.8, 4) is 6.07 Å². The largest absolute Gasteiger partial charge is 0.351 e. The molecule has 2 aromatic heterocycles. The van der Waals surface area contributed by atoms with Crippen LogP contribution in [0.15, 0.2) is 11.8 Å². The van der Waals surface area contributed by atoms with E-state index in [0.29, 0.717) is 53.7 Å². The van der Waals surface area contributed by atoms with Crippen molar-refractivity contribution in [1.82, 2.24) is 24.9 Å². The lowest BCUT2D eigenvalue weighted by Gasteiger charge is -2.22. The molecule has 5 rings (SSSR count). The Morgan fingerprint density at radius 2 is 2.14 bits per heavy atom. The van der Waals surface area contributed by atoms with Crippen LogP contribution in [0.4, 0.5) is 11.9 Å². The van der Waals surface area contributed by atoms with Crippen LogP contribution >= 0.6 is 0 Å². The molecule has 2 saturated carbocycles. The first-order valence-corrected chi connectivity index (χ1v) is 9.83. The van der Waals surface area contributed by atoms with Crippen molar-refractivity contribution < 1.29 is 9.59 Å². The van der Waals surface area contributed by atoms with Crippen molar-refractivity contribution in [3.05, 3.63) is 17.3 Å². The topological polar surface area (TPSA) is 128 Å². The quantitative estimate of drug-likeness (QED) is 0.528. The summed E-state index contributed by atoms with van der Waals surface area (Å²) < 4.78 is 1.64. The number of nitrogens with zero attached hydrogens (tertiary/aromatic N) is 6. The number of anilines is 2. The van der Waals surface area contributed by atoms with Gasteiger partial charge in [-0.3, -0.25) is 14.9 Å². The van der Waals surface area contributed by atoms with Crippen LogP contribution in [-0.2, 0) is 9.59 Å². The van der Waals surface area contributed by atoms with Gasteiger partial charge in [0, 0.05) is 29.8 Å². The average Bonchev–Trinajstić information content (AvgIpc) is 3.61. The van der Waals surface area contributed by atoms with Crippen LogP contribution in [0.3, 0.4) is 0 Å². The van der Waals surface area contributed by atoms with E-state index in [1.807, 2.05) is 0 Å². The fourth-order valence-electron chi connectivity index (χ4n) is 3.43. The molecule has 1 saturated heterocycles. The van der Waals surface area contributed by atoms with E-state index in [9.17, 15) is 9.59 Å². The van der Waals surface area contributed by atoms with Crippen LogP contribution in [0.2, 0.25) is 0 Å². The number of fused-ring (bicyclic) bond motifs is 1. The van der Waals surface area contributed by atoms with Gasteiger partial charge in [-0.05, 0) is 31.8 Å². The van der Waals surface area contributed by atoms with Gasteiger partial charge in [0.15, 0.2) is 5.65 Å². The third-order valence-electron chi connectivity index (χ3n) is 5.23. The molecule has 0 atom stereocenters. The van der Waals surface area contributed by atoms with Crippen molar-refractivity contribution in [2.75, 3.05) is 16.8 Å². The minimum absolute atomic E-state index is 0.0532. The van der Waals surface area contributed by atoms with E-state index >= 15 is 0 Å². The number of nitriles is 1. The molecule has 29 heavy (non-hydrogen) atoms. The molecule has 1 aliphatic heterocycles. The molecule has 3 aliphatic rings. The van der Waals surface area contributed by atoms with Gasteiger partial charge in [-0.15, -0.1) is 0 Å². The third kappa shape index (κ3) is 3.51. The Bertz CT molecular complexity index is 1070. The number of carbonyl (C=O) groups is 2. The summed E-state index contributed by atoms with van der Waals surface area (Å²) in [7, 11) is 0. The molecule has 0 bridgehead atoms. The maximum absolute atomic E-state index is 11.9. The van der Waals surface area contributed by atoms with Gasteiger partial charge < -0.3 is 10.2 Å². The molecule has 2 aromatic rings. The number of hydrogen-bond acceptors (Lipinski definition) is 8. The van der Waals surface area contributed by atoms with E-state index in [-0.39, 0.29) is 18.2 Å². The van der Waals surface area contributed by atoms with Gasteiger partial charge in [-0.2, -0.15) is 24.8 Å². The van der Waals surface area contributed by atoms with Crippen molar-refractivity contribution >= 4 is 35.4 Å². The zero-order valence-electron chi connectivity index (χ0n) is 15.8. The van der Waals surface area contributed by atoms with Gasteiger partial charge in [0.25, 0.3) is 5.91 Å². The molecular formula is C19H20N8O2. The average molecular weight is 392 g/mol. The standard InChI is InChI=1S/C19H20N8O2/c20-6-1-7-26(14-4-5-14)18-24-16-12(8-11-9-15(28)23-17(11)29)10-21-27(16)19(25-18)22-13-2-3-13/h8,10,13-14H,1-5,7,9H2,(H,22,24,25)(H,23,28,29)/b11-8+. The van der Waals surface area contributed by atoms with Crippen molar-refractivity contribution in [2.24, 2.45) is 0 Å². The second-order valence-electron chi connectivity index (χ2n) is 7.66. The Morgan fingerprint density at radius 1 is 1.31 bits per heavy atom. The summed E-state index contributed by atoms with van der Waals surface area (Å²) in [5.41, 5.74) is 1.62. The summed E-state index contributed by atoms with van der Waals surface area (Å²) in [6.45, 7) is 0.571. The molecule has 148 valence electrons. The van der Waals surface area contributed by atoms with Crippen LogP contribution < -0.4 is 15.5 Å². The lowest BCUT2D eigenvalue weighted by atomic mass is 10.1. The number of hydrogen-bond donors (Lipinski definition) is 2. The number of rotatable bonds is 7. The molecular weight excluding hydrogens is 372 g/mol. The number of imide groups is 1. The molecule has 0 aromatic carbocycles. The SMILES string of the molecule is N#CCCN(c1nc(NC2CC2)n2ncc(/C=C3\CC(=O)NC3=O)c2n1)C1CC1. The van der Waals surface area contributed by atoms with Crippen LogP contribution in [0, 0.1) is 11.3 Å². The van der Waals surface area contributed by atoms with E-state index in [0.717, 1.165) is 25.7 Å². The van der Waals surface area contributed by atoms with E-state index in [2.05, 4.69) is 26.7 Å². The molecule has 2 aliphatic carbocycles. The van der Waals surface area contributed by atoms with Gasteiger partial charge in [0.1, 0.15) is 0 Å². The Hall–Kier alpha value is -3.48. The van der Waals surface area contributed by atoms with Gasteiger partial charge >= 0.3 is 0 Å². The summed E-state index contributed by atoms with van der Waals surface area (Å²) in [6, 6.07) is 2.92. The zero-order valence-corrected chi connectivity index (χ0v) is 15.8. The summed E-state index contributed by atoms with van der Waals surface area (Å²) in [5.74, 6) is 0.478. The molecule has 3 heterocycles. The number of carbonyl (C=O) groups excluding carboxylic acids is 2. The van der Waals surface area contributed by atoms with Gasteiger partial charge in [0.2, 0.25) is 17.8 Å². The minimum atomic E-state index is -0.381. The lowest BCUT2D eigenvalue weighted by molar-refractivity contribution is -0.124. The molecule has 2 amide bonds. The molecule has 10 nitrogen and oxygen atoms in total. The summed E-state index contributed by atoms with van der Waals surface area (Å²) in [4.78, 5) is 35.0. The molecule has 3 fully saturated rings. The summed E-state index contributed by atoms with van der Waals surface area (Å²) >= 11 is 0. The van der Waals surface area contributed by atoms with Crippen LogP contribution in [0.25, 0.3) is 11.7 Å². The van der Waals surface area contributed by atoms with Gasteiger partial charge in [-0.25, -0.2) is 0 Å². The summed E-state index contributed by atoms with van der Waals surface area (Å²) in [6.07, 6.45) is 8.03. The first kappa shape index (κ1) is 17.6. The highest BCUT2D eigenvalue weighted by atomic mass is 16.2. The fourth-order valence-corrected chi connectivity index (χ4v) is 3.43.